The van der Waals surface area contributed by atoms with E-state index in [0.29, 0.717) is 0 Å². The van der Waals surface area contributed by atoms with Crippen LogP contribution >= 0.6 is 0 Å². The Balaban J connectivity index is 0.000000215. The van der Waals surface area contributed by atoms with Crippen LogP contribution in [0.3, 0.4) is 0 Å². The first-order valence-electron chi connectivity index (χ1n) is 3.74. The van der Waals surface area contributed by atoms with Crippen LogP contribution in [0.2, 0.25) is 0 Å². The van der Waals surface area contributed by atoms with E-state index in [9.17, 15) is 0 Å². The van der Waals surface area contributed by atoms with Gasteiger partial charge in [-0.05, 0) is 18.8 Å². The van der Waals surface area contributed by atoms with Crippen LogP contribution in [0.5, 0.6) is 0 Å². The molecule has 13 heavy (non-hydrogen) atoms. The van der Waals surface area contributed by atoms with Gasteiger partial charge in [0, 0.05) is 0 Å². The van der Waals surface area contributed by atoms with Crippen molar-refractivity contribution in [3.8, 4) is 0 Å². The van der Waals surface area contributed by atoms with E-state index >= 15 is 0 Å². The van der Waals surface area contributed by atoms with Crippen molar-refractivity contribution in [3.05, 3.63) is 54.6 Å². The molecule has 0 atom stereocenters. The quantitative estimate of drug-likeness (QED) is 0.520. The third kappa shape index (κ3) is 5.83. The molecule has 0 amide bonds. The molecule has 0 spiro atoms. The molecule has 0 aliphatic heterocycles. The van der Waals surface area contributed by atoms with Gasteiger partial charge in [0.05, 0.1) is 0 Å². The molecule has 0 nitrogen and oxygen atoms in total. The Morgan fingerprint density at radius 3 is 1.77 bits per heavy atom. The molecule has 5 radical (unpaired) electrons. The number of hydrogen-bond acceptors (Lipinski definition) is 0. The Morgan fingerprint density at radius 2 is 1.54 bits per heavy atom. The van der Waals surface area contributed by atoms with Crippen molar-refractivity contribution in [2.75, 3.05) is 0 Å². The predicted molar refractivity (Wildman–Crippen MR) is 55.2 cm³/mol. The topological polar surface area (TPSA) is 0 Å². The van der Waals surface area contributed by atoms with E-state index in [1.54, 1.807) is 0 Å². The average Bonchev–Trinajstić information content (AvgIpc) is 2.81. The fraction of sp³-hybridized carbons (Fsp3) is 0. The first kappa shape index (κ1) is 12.7. The van der Waals surface area contributed by atoms with Crippen molar-refractivity contribution in [3.63, 3.8) is 0 Å². The van der Waals surface area contributed by atoms with Crippen LogP contribution in [0, 0.1) is 0 Å². The summed E-state index contributed by atoms with van der Waals surface area (Å²) in [5, 5.41) is 1.37. The summed E-state index contributed by atoms with van der Waals surface area (Å²) in [5.41, 5.74) is 0. The molecule has 0 aliphatic rings. The van der Waals surface area contributed by atoms with E-state index in [0.717, 1.165) is 9.04 Å². The first-order chi connectivity index (χ1) is 5.93. The van der Waals surface area contributed by atoms with E-state index < -0.39 is 0 Å². The molecule has 0 saturated heterocycles. The van der Waals surface area contributed by atoms with Crippen LogP contribution in [-0.2, 0) is 17.1 Å². The van der Waals surface area contributed by atoms with E-state index in [4.69, 9.17) is 0 Å². The van der Waals surface area contributed by atoms with Crippen molar-refractivity contribution in [2.45, 2.75) is 0 Å². The van der Waals surface area contributed by atoms with Crippen LogP contribution in [-0.4, -0.2) is 18.8 Å². The maximum atomic E-state index is 3.41. The van der Waals surface area contributed by atoms with Crippen LogP contribution in [0.1, 0.15) is 0 Å². The summed E-state index contributed by atoms with van der Waals surface area (Å²) >= 11 is 0. The molecule has 2 rings (SSSR count). The molecule has 0 N–H and O–H groups in total. The van der Waals surface area contributed by atoms with Gasteiger partial charge in [-0.15, -0.1) is 0 Å². The summed E-state index contributed by atoms with van der Waals surface area (Å²) in [5.74, 6) is 0. The minimum atomic E-state index is 0. The fourth-order valence-corrected chi connectivity index (χ4v) is 1.64. The minimum Gasteiger partial charge on any atom is -0.214 e. The first-order valence-corrected chi connectivity index (χ1v) is 6.24. The molecular weight excluding hydrogens is 232 g/mol. The monoisotopic (exact) mass is 241 g/mol. The molecule has 0 unspecified atom stereocenters. The maximum Gasteiger partial charge on any atom is 2.00 e. The van der Waals surface area contributed by atoms with Crippen LogP contribution < -0.4 is 5.19 Å². The third-order valence-electron chi connectivity index (χ3n) is 1.36. The molecule has 2 aromatic carbocycles. The summed E-state index contributed by atoms with van der Waals surface area (Å²) in [6.07, 6.45) is 0. The standard InChI is InChI=1S/C5H4Si2.C5H5.Fe/c6-7-5-3-1-2-4-5;1-2-4-5-3-1;/h1-4H;1-5H;/q2*-1;+2. The smallest absolute Gasteiger partial charge is 0.214 e. The van der Waals surface area contributed by atoms with Crippen molar-refractivity contribution in [2.24, 2.45) is 0 Å². The predicted octanol–water partition coefficient (Wildman–Crippen LogP) is 1.22. The molecule has 3 heteroatoms. The zero-order valence-electron chi connectivity index (χ0n) is 7.05. The summed E-state index contributed by atoms with van der Waals surface area (Å²) in [4.78, 5) is 0. The Morgan fingerprint density at radius 1 is 1.00 bits per heavy atom. The zero-order chi connectivity index (χ0) is 8.65. The average molecular weight is 241 g/mol. The molecular formula is C10H9FeSi2. The van der Waals surface area contributed by atoms with Gasteiger partial charge in [-0.3, -0.25) is 0 Å². The Labute approximate surface area is 95.6 Å². The van der Waals surface area contributed by atoms with Gasteiger partial charge in [-0.25, -0.2) is 24.3 Å². The van der Waals surface area contributed by atoms with Crippen molar-refractivity contribution < 1.29 is 17.1 Å². The third-order valence-corrected chi connectivity index (χ3v) is 2.85. The van der Waals surface area contributed by atoms with E-state index in [1.165, 1.54) is 5.19 Å². The van der Waals surface area contributed by atoms with Crippen molar-refractivity contribution >= 4 is 24.0 Å². The molecule has 0 fully saturated rings. The molecule has 2 aromatic rings. The van der Waals surface area contributed by atoms with Crippen LogP contribution in [0.15, 0.2) is 54.6 Å². The van der Waals surface area contributed by atoms with Gasteiger partial charge in [0.25, 0.3) is 0 Å². The Hall–Kier alpha value is -0.347. The summed E-state index contributed by atoms with van der Waals surface area (Å²) < 4.78 is 0. The summed E-state index contributed by atoms with van der Waals surface area (Å²) in [6, 6.07) is 18.3. The Bertz CT molecular complexity index is 244. The van der Waals surface area contributed by atoms with E-state index in [2.05, 4.69) is 21.9 Å². The van der Waals surface area contributed by atoms with Crippen molar-refractivity contribution in [1.29, 1.82) is 0 Å². The van der Waals surface area contributed by atoms with Gasteiger partial charge in [-0.1, -0.05) is 0 Å². The molecule has 0 aliphatic carbocycles. The zero-order valence-corrected chi connectivity index (χ0v) is 10.2. The molecule has 65 valence electrons. The second kappa shape index (κ2) is 8.26. The second-order valence-electron chi connectivity index (χ2n) is 2.26. The number of hydrogen-bond donors (Lipinski definition) is 0. The molecule has 0 aromatic heterocycles. The molecule has 0 saturated carbocycles. The largest absolute Gasteiger partial charge is 2.00 e. The summed E-state index contributed by atoms with van der Waals surface area (Å²) in [7, 11) is 4.17. The number of rotatable bonds is 1. The second-order valence-corrected chi connectivity index (χ2v) is 3.84. The van der Waals surface area contributed by atoms with Crippen LogP contribution in [0.25, 0.3) is 0 Å². The fourth-order valence-electron chi connectivity index (χ4n) is 0.778. The molecule has 0 bridgehead atoms. The van der Waals surface area contributed by atoms with Crippen molar-refractivity contribution in [1.82, 2.24) is 0 Å². The van der Waals surface area contributed by atoms with Gasteiger partial charge >= 0.3 is 17.1 Å². The van der Waals surface area contributed by atoms with Gasteiger partial charge < -0.3 is 0 Å². The minimum absolute atomic E-state index is 0. The van der Waals surface area contributed by atoms with Crippen LogP contribution in [0.4, 0.5) is 0 Å². The maximum absolute atomic E-state index is 3.41. The normalized spacial score (nSPS) is 8.08. The van der Waals surface area contributed by atoms with Gasteiger partial charge in [-0.2, -0.15) is 35.5 Å². The molecule has 0 heterocycles. The van der Waals surface area contributed by atoms with E-state index in [1.807, 2.05) is 42.5 Å². The van der Waals surface area contributed by atoms with Gasteiger partial charge in [0.15, 0.2) is 0 Å². The van der Waals surface area contributed by atoms with Gasteiger partial charge in [0.2, 0.25) is 0 Å². The van der Waals surface area contributed by atoms with Gasteiger partial charge in [0.1, 0.15) is 0 Å². The Kier molecular flexibility index (Phi) is 8.04. The van der Waals surface area contributed by atoms with E-state index in [-0.39, 0.29) is 17.1 Å². The summed E-state index contributed by atoms with van der Waals surface area (Å²) in [6.45, 7) is 0. The SMILES string of the molecule is [Fe+2].[Si][Si][c-]1cccc1.c1cc[cH-]c1.